The number of nitrogen functional groups attached to an aromatic ring is 1. The molecule has 1 amide bonds. The number of hydrogen-bond acceptors (Lipinski definition) is 4. The predicted molar refractivity (Wildman–Crippen MR) is 87.8 cm³/mol. The number of nitrogens with two attached hydrogens (primary N) is 1. The minimum Gasteiger partial charge on any atom is -0.397 e. The predicted octanol–water partition coefficient (Wildman–Crippen LogP) is 1.55. The van der Waals surface area contributed by atoms with Crippen LogP contribution >= 0.6 is 0 Å². The smallest absolute Gasteiger partial charge is 0.251 e. The number of anilines is 2. The van der Waals surface area contributed by atoms with Crippen LogP contribution in [0.25, 0.3) is 0 Å². The van der Waals surface area contributed by atoms with Gasteiger partial charge in [-0.05, 0) is 46.0 Å². The maximum Gasteiger partial charge on any atom is 0.251 e. The largest absolute Gasteiger partial charge is 0.397 e. The van der Waals surface area contributed by atoms with Crippen LogP contribution in [0.2, 0.25) is 0 Å². The summed E-state index contributed by atoms with van der Waals surface area (Å²) in [4.78, 5) is 16.6. The van der Waals surface area contributed by atoms with Crippen molar-refractivity contribution in [3.05, 3.63) is 23.8 Å². The second kappa shape index (κ2) is 5.93. The molecule has 116 valence electrons. The fourth-order valence-electron chi connectivity index (χ4n) is 2.67. The minimum absolute atomic E-state index is 0.0489. The van der Waals surface area contributed by atoms with E-state index in [1.807, 2.05) is 19.1 Å². The summed E-state index contributed by atoms with van der Waals surface area (Å²) in [5, 5.41) is 2.83. The lowest BCUT2D eigenvalue weighted by molar-refractivity contribution is 0.0956. The first kappa shape index (κ1) is 15.6. The van der Waals surface area contributed by atoms with Crippen LogP contribution < -0.4 is 16.0 Å². The van der Waals surface area contributed by atoms with Gasteiger partial charge in [-0.3, -0.25) is 9.69 Å². The Balaban J connectivity index is 2.27. The van der Waals surface area contributed by atoms with E-state index in [0.29, 0.717) is 12.1 Å². The van der Waals surface area contributed by atoms with Crippen molar-refractivity contribution in [2.24, 2.45) is 0 Å². The lowest BCUT2D eigenvalue weighted by Crippen LogP contribution is -2.57. The van der Waals surface area contributed by atoms with Gasteiger partial charge in [0, 0.05) is 37.3 Å². The molecule has 0 unspecified atom stereocenters. The molecule has 1 aliphatic heterocycles. The Morgan fingerprint density at radius 2 is 2.10 bits per heavy atom. The van der Waals surface area contributed by atoms with E-state index < -0.39 is 0 Å². The highest BCUT2D eigenvalue weighted by Crippen LogP contribution is 2.29. The molecule has 1 aliphatic rings. The molecule has 0 atom stereocenters. The fourth-order valence-corrected chi connectivity index (χ4v) is 2.67. The van der Waals surface area contributed by atoms with Crippen LogP contribution in [0.5, 0.6) is 0 Å². The Morgan fingerprint density at radius 3 is 2.71 bits per heavy atom. The van der Waals surface area contributed by atoms with Crippen LogP contribution in [0.3, 0.4) is 0 Å². The summed E-state index contributed by atoms with van der Waals surface area (Å²) in [6.45, 7) is 9.79. The molecule has 21 heavy (non-hydrogen) atoms. The van der Waals surface area contributed by atoms with Crippen molar-refractivity contribution in [3.8, 4) is 0 Å². The van der Waals surface area contributed by atoms with Crippen LogP contribution in [0.1, 0.15) is 31.1 Å². The van der Waals surface area contributed by atoms with Gasteiger partial charge >= 0.3 is 0 Å². The number of carbonyl (C=O) groups is 1. The second-order valence-corrected chi connectivity index (χ2v) is 6.29. The van der Waals surface area contributed by atoms with E-state index in [2.05, 4.69) is 36.0 Å². The van der Waals surface area contributed by atoms with Gasteiger partial charge < -0.3 is 16.0 Å². The van der Waals surface area contributed by atoms with E-state index in [1.54, 1.807) is 6.07 Å². The third kappa shape index (κ3) is 3.29. The average molecular weight is 290 g/mol. The molecule has 1 aromatic carbocycles. The number of benzene rings is 1. The van der Waals surface area contributed by atoms with E-state index in [4.69, 9.17) is 5.73 Å². The van der Waals surface area contributed by atoms with Gasteiger partial charge in [0.2, 0.25) is 0 Å². The number of carbonyl (C=O) groups excluding carboxylic acids is 1. The van der Waals surface area contributed by atoms with Crippen LogP contribution in [-0.2, 0) is 0 Å². The van der Waals surface area contributed by atoms with Crippen LogP contribution in [0, 0.1) is 0 Å². The van der Waals surface area contributed by atoms with Gasteiger partial charge in [-0.25, -0.2) is 0 Å². The van der Waals surface area contributed by atoms with E-state index in [-0.39, 0.29) is 11.4 Å². The lowest BCUT2D eigenvalue weighted by atomic mass is 9.98. The Labute approximate surface area is 127 Å². The standard InChI is InChI=1S/C16H26N4O/c1-5-18-15(21)12-6-7-13(17)14(10-12)20-9-8-19(4)16(2,3)11-20/h6-7,10H,5,8-9,11,17H2,1-4H3,(H,18,21). The lowest BCUT2D eigenvalue weighted by Gasteiger charge is -2.46. The maximum absolute atomic E-state index is 12.0. The minimum atomic E-state index is -0.0489. The van der Waals surface area contributed by atoms with E-state index in [9.17, 15) is 4.79 Å². The molecule has 5 nitrogen and oxygen atoms in total. The summed E-state index contributed by atoms with van der Waals surface area (Å²) < 4.78 is 0. The van der Waals surface area contributed by atoms with Crippen LogP contribution in [-0.4, -0.2) is 49.6 Å². The number of rotatable bonds is 3. The molecule has 0 spiro atoms. The Hall–Kier alpha value is -1.75. The third-order valence-electron chi connectivity index (χ3n) is 4.29. The molecule has 1 saturated heterocycles. The molecule has 0 bridgehead atoms. The van der Waals surface area contributed by atoms with Crippen molar-refractivity contribution >= 4 is 17.3 Å². The summed E-state index contributed by atoms with van der Waals surface area (Å²) in [6.07, 6.45) is 0. The Morgan fingerprint density at radius 1 is 1.38 bits per heavy atom. The first-order valence-corrected chi connectivity index (χ1v) is 7.49. The van der Waals surface area contributed by atoms with Gasteiger partial charge in [-0.2, -0.15) is 0 Å². The van der Waals surface area contributed by atoms with Gasteiger partial charge in [0.1, 0.15) is 0 Å². The molecule has 3 N–H and O–H groups in total. The fraction of sp³-hybridized carbons (Fsp3) is 0.562. The molecule has 5 heteroatoms. The van der Waals surface area contributed by atoms with Gasteiger partial charge in [0.25, 0.3) is 5.91 Å². The zero-order chi connectivity index (χ0) is 15.6. The van der Waals surface area contributed by atoms with Crippen molar-refractivity contribution < 1.29 is 4.79 Å². The first-order chi connectivity index (χ1) is 9.85. The highest BCUT2D eigenvalue weighted by atomic mass is 16.1. The van der Waals surface area contributed by atoms with Gasteiger partial charge in [0.15, 0.2) is 0 Å². The Bertz CT molecular complexity index is 527. The van der Waals surface area contributed by atoms with Gasteiger partial charge in [-0.15, -0.1) is 0 Å². The summed E-state index contributed by atoms with van der Waals surface area (Å²) >= 11 is 0. The molecule has 0 radical (unpaired) electrons. The highest BCUT2D eigenvalue weighted by molar-refractivity contribution is 5.96. The summed E-state index contributed by atoms with van der Waals surface area (Å²) in [6, 6.07) is 5.51. The number of hydrogen-bond donors (Lipinski definition) is 2. The zero-order valence-corrected chi connectivity index (χ0v) is 13.4. The van der Waals surface area contributed by atoms with Crippen LogP contribution in [0.4, 0.5) is 11.4 Å². The third-order valence-corrected chi connectivity index (χ3v) is 4.29. The van der Waals surface area contributed by atoms with Crippen molar-refractivity contribution in [2.45, 2.75) is 26.3 Å². The highest BCUT2D eigenvalue weighted by Gasteiger charge is 2.31. The second-order valence-electron chi connectivity index (χ2n) is 6.29. The van der Waals surface area contributed by atoms with Gasteiger partial charge in [0.05, 0.1) is 11.4 Å². The molecule has 0 aromatic heterocycles. The quantitative estimate of drug-likeness (QED) is 0.829. The monoisotopic (exact) mass is 290 g/mol. The number of nitrogens with zero attached hydrogens (tertiary/aromatic N) is 2. The normalized spacial score (nSPS) is 18.6. The Kier molecular flexibility index (Phi) is 4.42. The summed E-state index contributed by atoms with van der Waals surface area (Å²) in [5.41, 5.74) is 8.57. The molecule has 1 fully saturated rings. The summed E-state index contributed by atoms with van der Waals surface area (Å²) in [7, 11) is 2.14. The molecule has 2 rings (SSSR count). The van der Waals surface area contributed by atoms with E-state index >= 15 is 0 Å². The first-order valence-electron chi connectivity index (χ1n) is 7.49. The number of piperazine rings is 1. The average Bonchev–Trinajstić information content (AvgIpc) is 2.42. The molecular weight excluding hydrogens is 264 g/mol. The number of amides is 1. The molecule has 1 aromatic rings. The SMILES string of the molecule is CCNC(=O)c1ccc(N)c(N2CCN(C)C(C)(C)C2)c1. The molecule has 1 heterocycles. The van der Waals surface area contributed by atoms with Gasteiger partial charge in [-0.1, -0.05) is 0 Å². The maximum atomic E-state index is 12.0. The molecular formula is C16H26N4O. The van der Waals surface area contributed by atoms with Crippen LogP contribution in [0.15, 0.2) is 18.2 Å². The summed E-state index contributed by atoms with van der Waals surface area (Å²) in [5.74, 6) is -0.0489. The van der Waals surface area contributed by atoms with Crippen molar-refractivity contribution in [1.29, 1.82) is 0 Å². The number of likely N-dealkylation sites (N-methyl/N-ethyl adjacent to an activating group) is 1. The molecule has 0 saturated carbocycles. The zero-order valence-electron chi connectivity index (χ0n) is 13.4. The molecule has 0 aliphatic carbocycles. The number of nitrogens with one attached hydrogen (secondary N) is 1. The van der Waals surface area contributed by atoms with Crippen molar-refractivity contribution in [2.75, 3.05) is 43.9 Å². The van der Waals surface area contributed by atoms with Crippen molar-refractivity contribution in [3.63, 3.8) is 0 Å². The van der Waals surface area contributed by atoms with Crippen molar-refractivity contribution in [1.82, 2.24) is 10.2 Å². The topological polar surface area (TPSA) is 61.6 Å². The van der Waals surface area contributed by atoms with E-state index in [0.717, 1.165) is 31.0 Å². The van der Waals surface area contributed by atoms with E-state index in [1.165, 1.54) is 0 Å².